The SMILES string of the molecule is O=C1Nc2ccc(Cl)cc2C1Nc1cc(Cl)c(Cl)cc1Cl. The fourth-order valence-corrected chi connectivity index (χ4v) is 2.95. The van der Waals surface area contributed by atoms with Crippen LogP contribution >= 0.6 is 46.4 Å². The van der Waals surface area contributed by atoms with Crippen LogP contribution in [-0.2, 0) is 4.79 Å². The lowest BCUT2D eigenvalue weighted by Gasteiger charge is -2.15. The summed E-state index contributed by atoms with van der Waals surface area (Å²) in [7, 11) is 0. The normalized spacial score (nSPS) is 16.6. The Morgan fingerprint density at radius 1 is 0.952 bits per heavy atom. The molecule has 21 heavy (non-hydrogen) atoms. The van der Waals surface area contributed by atoms with Crippen molar-refractivity contribution >= 4 is 63.7 Å². The number of fused-ring (bicyclic) bond motifs is 1. The van der Waals surface area contributed by atoms with Gasteiger partial charge in [-0.1, -0.05) is 46.4 Å². The zero-order chi connectivity index (χ0) is 15.1. The summed E-state index contributed by atoms with van der Waals surface area (Å²) in [6.45, 7) is 0. The summed E-state index contributed by atoms with van der Waals surface area (Å²) in [6, 6.07) is 7.73. The van der Waals surface area contributed by atoms with Gasteiger partial charge >= 0.3 is 0 Å². The predicted octanol–water partition coefficient (Wildman–Crippen LogP) is 5.41. The monoisotopic (exact) mass is 360 g/mol. The van der Waals surface area contributed by atoms with Gasteiger partial charge < -0.3 is 10.6 Å². The molecule has 2 aromatic carbocycles. The van der Waals surface area contributed by atoms with Crippen LogP contribution in [0.25, 0.3) is 0 Å². The first-order chi connectivity index (χ1) is 9.95. The van der Waals surface area contributed by atoms with Crippen LogP contribution in [-0.4, -0.2) is 5.91 Å². The minimum atomic E-state index is -0.589. The van der Waals surface area contributed by atoms with Gasteiger partial charge in [0.15, 0.2) is 0 Å². The van der Waals surface area contributed by atoms with Gasteiger partial charge in [0.25, 0.3) is 5.91 Å². The van der Waals surface area contributed by atoms with Crippen molar-refractivity contribution in [1.82, 2.24) is 0 Å². The summed E-state index contributed by atoms with van der Waals surface area (Å²) in [5.41, 5.74) is 2.01. The number of carbonyl (C=O) groups is 1. The van der Waals surface area contributed by atoms with Gasteiger partial charge in [-0.15, -0.1) is 0 Å². The third kappa shape index (κ3) is 2.79. The average molecular weight is 362 g/mol. The third-order valence-corrected chi connectivity index (χ3v) is 4.42. The van der Waals surface area contributed by atoms with Crippen LogP contribution in [0.2, 0.25) is 20.1 Å². The highest BCUT2D eigenvalue weighted by Gasteiger charge is 2.31. The highest BCUT2D eigenvalue weighted by atomic mass is 35.5. The molecule has 0 spiro atoms. The van der Waals surface area contributed by atoms with E-state index in [1.54, 1.807) is 24.3 Å². The molecule has 0 bridgehead atoms. The van der Waals surface area contributed by atoms with Gasteiger partial charge in [0.1, 0.15) is 6.04 Å². The van der Waals surface area contributed by atoms with Gasteiger partial charge in [0, 0.05) is 16.3 Å². The van der Waals surface area contributed by atoms with E-state index >= 15 is 0 Å². The molecule has 1 heterocycles. The fraction of sp³-hybridized carbons (Fsp3) is 0.0714. The highest BCUT2D eigenvalue weighted by Crippen LogP contribution is 2.38. The van der Waals surface area contributed by atoms with E-state index in [0.29, 0.717) is 25.8 Å². The Bertz CT molecular complexity index is 748. The van der Waals surface area contributed by atoms with E-state index in [9.17, 15) is 4.79 Å². The number of amides is 1. The van der Waals surface area contributed by atoms with Crippen molar-refractivity contribution in [1.29, 1.82) is 0 Å². The number of benzene rings is 2. The maximum absolute atomic E-state index is 12.1. The first kappa shape index (κ1) is 14.8. The molecule has 0 aromatic heterocycles. The van der Waals surface area contributed by atoms with Crippen LogP contribution in [0.4, 0.5) is 11.4 Å². The van der Waals surface area contributed by atoms with Crippen molar-refractivity contribution in [3.63, 3.8) is 0 Å². The van der Waals surface area contributed by atoms with Gasteiger partial charge in [0.2, 0.25) is 0 Å². The predicted molar refractivity (Wildman–Crippen MR) is 87.9 cm³/mol. The molecule has 0 saturated carbocycles. The Morgan fingerprint density at radius 2 is 1.67 bits per heavy atom. The Hall–Kier alpha value is -1.13. The van der Waals surface area contributed by atoms with Crippen LogP contribution in [0.1, 0.15) is 11.6 Å². The molecule has 0 fully saturated rings. The summed E-state index contributed by atoms with van der Waals surface area (Å²) >= 11 is 24.0. The molecule has 1 amide bonds. The summed E-state index contributed by atoms with van der Waals surface area (Å²) in [4.78, 5) is 12.1. The van der Waals surface area contributed by atoms with Crippen molar-refractivity contribution in [2.45, 2.75) is 6.04 Å². The van der Waals surface area contributed by atoms with Crippen molar-refractivity contribution in [2.75, 3.05) is 10.6 Å². The quantitative estimate of drug-likeness (QED) is 0.702. The van der Waals surface area contributed by atoms with Gasteiger partial charge in [-0.25, -0.2) is 0 Å². The minimum absolute atomic E-state index is 0.186. The second-order valence-corrected chi connectivity index (χ2v) is 6.20. The minimum Gasteiger partial charge on any atom is -0.369 e. The van der Waals surface area contributed by atoms with E-state index in [2.05, 4.69) is 10.6 Å². The highest BCUT2D eigenvalue weighted by molar-refractivity contribution is 6.44. The zero-order valence-electron chi connectivity index (χ0n) is 10.4. The maximum atomic E-state index is 12.1. The van der Waals surface area contributed by atoms with E-state index in [1.165, 1.54) is 6.07 Å². The van der Waals surface area contributed by atoms with Crippen LogP contribution in [0.15, 0.2) is 30.3 Å². The molecule has 0 saturated heterocycles. The van der Waals surface area contributed by atoms with Crippen LogP contribution < -0.4 is 10.6 Å². The molecule has 2 N–H and O–H groups in total. The van der Waals surface area contributed by atoms with Crippen molar-refractivity contribution in [3.8, 4) is 0 Å². The Kier molecular flexibility index (Phi) is 3.93. The number of rotatable bonds is 2. The van der Waals surface area contributed by atoms with Gasteiger partial charge in [-0.2, -0.15) is 0 Å². The smallest absolute Gasteiger partial charge is 0.251 e. The van der Waals surface area contributed by atoms with E-state index in [-0.39, 0.29) is 5.91 Å². The van der Waals surface area contributed by atoms with Crippen LogP contribution in [0, 0.1) is 0 Å². The molecule has 3 nitrogen and oxygen atoms in total. The molecule has 108 valence electrons. The molecule has 1 atom stereocenters. The zero-order valence-corrected chi connectivity index (χ0v) is 13.4. The number of hydrogen-bond acceptors (Lipinski definition) is 2. The number of hydrogen-bond donors (Lipinski definition) is 2. The molecule has 1 unspecified atom stereocenters. The lowest BCUT2D eigenvalue weighted by molar-refractivity contribution is -0.116. The summed E-state index contributed by atoms with van der Waals surface area (Å²) < 4.78 is 0. The van der Waals surface area contributed by atoms with Crippen LogP contribution in [0.3, 0.4) is 0 Å². The summed E-state index contributed by atoms with van der Waals surface area (Å²) in [6.07, 6.45) is 0. The average Bonchev–Trinajstić information content (AvgIpc) is 2.72. The molecule has 0 aliphatic carbocycles. The lowest BCUT2D eigenvalue weighted by atomic mass is 10.1. The molecule has 3 rings (SSSR count). The Labute approximate surface area is 141 Å². The maximum Gasteiger partial charge on any atom is 0.251 e. The molecule has 1 aliphatic heterocycles. The summed E-state index contributed by atoms with van der Waals surface area (Å²) in [5.74, 6) is -0.186. The molecular formula is C14H8Cl4N2O. The number of nitrogens with one attached hydrogen (secondary N) is 2. The molecule has 0 radical (unpaired) electrons. The second kappa shape index (κ2) is 5.58. The number of halogens is 4. The van der Waals surface area contributed by atoms with E-state index < -0.39 is 6.04 Å². The van der Waals surface area contributed by atoms with Gasteiger partial charge in [-0.05, 0) is 30.3 Å². The van der Waals surface area contributed by atoms with Crippen molar-refractivity contribution in [3.05, 3.63) is 56.0 Å². The lowest BCUT2D eigenvalue weighted by Crippen LogP contribution is -2.19. The first-order valence-electron chi connectivity index (χ1n) is 5.97. The largest absolute Gasteiger partial charge is 0.369 e. The Balaban J connectivity index is 1.98. The summed E-state index contributed by atoms with van der Waals surface area (Å²) in [5, 5.41) is 7.49. The fourth-order valence-electron chi connectivity index (χ4n) is 2.16. The number of carbonyl (C=O) groups excluding carboxylic acids is 1. The Morgan fingerprint density at radius 3 is 2.43 bits per heavy atom. The molecular weight excluding hydrogens is 354 g/mol. The van der Waals surface area contributed by atoms with Gasteiger partial charge in [0.05, 0.1) is 20.8 Å². The molecule has 1 aliphatic rings. The third-order valence-electron chi connectivity index (χ3n) is 3.15. The van der Waals surface area contributed by atoms with E-state index in [1.807, 2.05) is 0 Å². The second-order valence-electron chi connectivity index (χ2n) is 4.54. The first-order valence-corrected chi connectivity index (χ1v) is 7.48. The van der Waals surface area contributed by atoms with Crippen LogP contribution in [0.5, 0.6) is 0 Å². The van der Waals surface area contributed by atoms with Gasteiger partial charge in [-0.3, -0.25) is 4.79 Å². The molecule has 7 heteroatoms. The molecule has 2 aromatic rings. The van der Waals surface area contributed by atoms with E-state index in [4.69, 9.17) is 46.4 Å². The van der Waals surface area contributed by atoms with Crippen molar-refractivity contribution in [2.24, 2.45) is 0 Å². The van der Waals surface area contributed by atoms with E-state index in [0.717, 1.165) is 11.3 Å². The standard InChI is InChI=1S/C14H8Cl4N2O/c15-6-1-2-11-7(3-6)13(14(21)20-11)19-12-5-9(17)8(16)4-10(12)18/h1-5,13,19H,(H,20,21). The van der Waals surface area contributed by atoms with Crippen molar-refractivity contribution < 1.29 is 4.79 Å². The topological polar surface area (TPSA) is 41.1 Å². The number of anilines is 2.